The van der Waals surface area contributed by atoms with Crippen LogP contribution in [0.5, 0.6) is 0 Å². The molecule has 3 aliphatic rings. The number of fused-ring (bicyclic) bond motifs is 1. The summed E-state index contributed by atoms with van der Waals surface area (Å²) in [5.41, 5.74) is 6.93. The Hall–Kier alpha value is -3.30. The van der Waals surface area contributed by atoms with Crippen molar-refractivity contribution in [1.82, 2.24) is 15.2 Å². The minimum atomic E-state index is -0.981. The number of alkyl halides is 1. The molecular weight excluding hydrogens is 499 g/mol. The van der Waals surface area contributed by atoms with Gasteiger partial charge in [0.05, 0.1) is 12.1 Å². The summed E-state index contributed by atoms with van der Waals surface area (Å²) in [7, 11) is 1.99. The van der Waals surface area contributed by atoms with E-state index in [1.54, 1.807) is 6.07 Å². The fourth-order valence-electron chi connectivity index (χ4n) is 6.02. The number of nitrogens with zero attached hydrogens (tertiary/aromatic N) is 1. The Morgan fingerprint density at radius 2 is 1.92 bits per heavy atom. The van der Waals surface area contributed by atoms with Gasteiger partial charge in [0.25, 0.3) is 0 Å². The first kappa shape index (κ1) is 28.7. The third-order valence-corrected chi connectivity index (χ3v) is 8.33. The lowest BCUT2D eigenvalue weighted by Gasteiger charge is -2.28. The number of aldehydes is 1. The number of aromatic amines is 1. The first-order chi connectivity index (χ1) is 18.8. The number of rotatable bonds is 7. The van der Waals surface area contributed by atoms with E-state index >= 15 is 0 Å². The number of likely N-dealkylation sites (N-methyl/N-ethyl adjacent to an activating group) is 1. The van der Waals surface area contributed by atoms with Gasteiger partial charge in [-0.3, -0.25) is 9.69 Å². The number of carboxylic acids is 1. The molecule has 4 atom stereocenters. The number of aromatic nitrogens is 1. The number of nitrogens with two attached hydrogens (primary N) is 1. The van der Waals surface area contributed by atoms with Gasteiger partial charge in [0, 0.05) is 23.2 Å². The Morgan fingerprint density at radius 1 is 1.21 bits per heavy atom. The SMILES string of the molecule is CN1CC[C@H](c2ccccc2)C1C(=O)NC1C=c2cc(C(=O)O)[nH]c2=CC1.NC(CF)C1CCC(C=O)CC1. The number of aromatic carboxylic acids is 1. The quantitative estimate of drug-likeness (QED) is 0.399. The number of amides is 1. The lowest BCUT2D eigenvalue weighted by atomic mass is 9.79. The molecule has 39 heavy (non-hydrogen) atoms. The molecule has 2 aromatic rings. The molecule has 0 spiro atoms. The van der Waals surface area contributed by atoms with E-state index < -0.39 is 12.6 Å². The van der Waals surface area contributed by atoms with Gasteiger partial charge in [-0.05, 0) is 74.9 Å². The van der Waals surface area contributed by atoms with Crippen LogP contribution in [0.15, 0.2) is 36.4 Å². The minimum absolute atomic E-state index is 0.0240. The summed E-state index contributed by atoms with van der Waals surface area (Å²) in [6, 6.07) is 11.2. The molecule has 5 rings (SSSR count). The normalized spacial score (nSPS) is 27.1. The van der Waals surface area contributed by atoms with Gasteiger partial charge < -0.3 is 25.9 Å². The van der Waals surface area contributed by atoms with Gasteiger partial charge in [0.15, 0.2) is 0 Å². The summed E-state index contributed by atoms with van der Waals surface area (Å²) in [5.74, 6) is -0.273. The maximum Gasteiger partial charge on any atom is 0.352 e. The molecule has 5 N–H and O–H groups in total. The van der Waals surface area contributed by atoms with Gasteiger partial charge in [-0.1, -0.05) is 42.5 Å². The summed E-state index contributed by atoms with van der Waals surface area (Å²) >= 11 is 0. The average molecular weight is 539 g/mol. The molecule has 8 nitrogen and oxygen atoms in total. The first-order valence-corrected chi connectivity index (χ1v) is 13.8. The molecule has 1 saturated heterocycles. The Bertz CT molecular complexity index is 1260. The Morgan fingerprint density at radius 3 is 2.56 bits per heavy atom. The molecule has 9 heteroatoms. The van der Waals surface area contributed by atoms with Crippen molar-refractivity contribution in [3.63, 3.8) is 0 Å². The standard InChI is InChI=1S/C21H23N3O3.C9H16FNO/c1-24-10-9-16(13-5-3-2-4-6-13)19(24)20(25)22-15-7-8-17-14(11-15)12-18(23-17)21(26)27;10-5-9(11)8-3-1-7(6-12)2-4-8/h2-6,8,11-12,15-16,19,23H,7,9-10H2,1H3,(H,22,25)(H,26,27);6-9H,1-5,11H2/t15?,16-,19?;/m1./s1. The van der Waals surface area contributed by atoms with Gasteiger partial charge in [0.2, 0.25) is 5.91 Å². The predicted octanol–water partition coefficient (Wildman–Crippen LogP) is 1.94. The number of carbonyl (C=O) groups excluding carboxylic acids is 2. The third kappa shape index (κ3) is 7.02. The lowest BCUT2D eigenvalue weighted by molar-refractivity contribution is -0.125. The summed E-state index contributed by atoms with van der Waals surface area (Å²) in [6.45, 7) is 0.457. The zero-order valence-electron chi connectivity index (χ0n) is 22.4. The number of carboxylic acid groups (broad SMARTS) is 1. The number of halogens is 1. The fourth-order valence-corrected chi connectivity index (χ4v) is 6.02. The molecule has 2 heterocycles. The largest absolute Gasteiger partial charge is 0.477 e. The Balaban J connectivity index is 0.000000247. The number of H-pyrrole nitrogens is 1. The van der Waals surface area contributed by atoms with Crippen LogP contribution < -0.4 is 21.6 Å². The molecule has 3 unspecified atom stereocenters. The number of hydrogen-bond donors (Lipinski definition) is 4. The fraction of sp³-hybridized carbons (Fsp3) is 0.500. The van der Waals surface area contributed by atoms with Crippen LogP contribution in [0.25, 0.3) is 12.2 Å². The van der Waals surface area contributed by atoms with Gasteiger partial charge >= 0.3 is 5.97 Å². The highest BCUT2D eigenvalue weighted by molar-refractivity contribution is 5.86. The van der Waals surface area contributed by atoms with Crippen molar-refractivity contribution < 1.29 is 23.9 Å². The van der Waals surface area contributed by atoms with Crippen LogP contribution in [0.1, 0.15) is 60.5 Å². The van der Waals surface area contributed by atoms with Gasteiger partial charge in [-0.25, -0.2) is 9.18 Å². The van der Waals surface area contributed by atoms with Gasteiger partial charge in [-0.15, -0.1) is 0 Å². The van der Waals surface area contributed by atoms with Crippen molar-refractivity contribution in [3.05, 3.63) is 58.2 Å². The average Bonchev–Trinajstić information content (AvgIpc) is 3.57. The summed E-state index contributed by atoms with van der Waals surface area (Å²) in [6.07, 6.45) is 10.1. The van der Waals surface area contributed by atoms with Crippen molar-refractivity contribution in [2.24, 2.45) is 17.6 Å². The first-order valence-electron chi connectivity index (χ1n) is 13.8. The maximum atomic E-state index is 13.0. The van der Waals surface area contributed by atoms with Crippen molar-refractivity contribution in [1.29, 1.82) is 0 Å². The van der Waals surface area contributed by atoms with E-state index in [9.17, 15) is 18.8 Å². The number of likely N-dealkylation sites (tertiary alicyclic amines) is 1. The van der Waals surface area contributed by atoms with Crippen molar-refractivity contribution in [2.75, 3.05) is 20.3 Å². The van der Waals surface area contributed by atoms with Crippen LogP contribution in [0.4, 0.5) is 4.39 Å². The van der Waals surface area contributed by atoms with E-state index in [1.165, 1.54) is 5.56 Å². The van der Waals surface area contributed by atoms with E-state index in [0.29, 0.717) is 12.3 Å². The van der Waals surface area contributed by atoms with E-state index in [2.05, 4.69) is 27.3 Å². The molecule has 2 aliphatic carbocycles. The smallest absolute Gasteiger partial charge is 0.352 e. The molecule has 1 aromatic carbocycles. The molecule has 1 aromatic heterocycles. The zero-order chi connectivity index (χ0) is 27.9. The van der Waals surface area contributed by atoms with Gasteiger partial charge in [-0.2, -0.15) is 0 Å². The highest BCUT2D eigenvalue weighted by atomic mass is 19.1. The lowest BCUT2D eigenvalue weighted by Crippen LogP contribution is -2.48. The molecular formula is C30H39FN4O4. The number of nitrogens with one attached hydrogen (secondary N) is 2. The molecule has 1 amide bonds. The van der Waals surface area contributed by atoms with E-state index in [-0.39, 0.29) is 41.6 Å². The second kappa shape index (κ2) is 13.2. The molecule has 1 aliphatic heterocycles. The van der Waals surface area contributed by atoms with Crippen LogP contribution in [-0.2, 0) is 9.59 Å². The third-order valence-electron chi connectivity index (χ3n) is 8.33. The molecule has 0 bridgehead atoms. The van der Waals surface area contributed by atoms with Crippen LogP contribution in [-0.4, -0.2) is 71.5 Å². The highest BCUT2D eigenvalue weighted by Gasteiger charge is 2.38. The Labute approximate surface area is 228 Å². The van der Waals surface area contributed by atoms with Crippen LogP contribution >= 0.6 is 0 Å². The number of benzene rings is 1. The monoisotopic (exact) mass is 538 g/mol. The second-order valence-corrected chi connectivity index (χ2v) is 10.9. The van der Waals surface area contributed by atoms with Gasteiger partial charge in [0.1, 0.15) is 18.7 Å². The van der Waals surface area contributed by atoms with Crippen molar-refractivity contribution >= 4 is 30.3 Å². The number of carbonyl (C=O) groups is 3. The van der Waals surface area contributed by atoms with Crippen molar-refractivity contribution in [2.45, 2.75) is 62.6 Å². The van der Waals surface area contributed by atoms with Crippen LogP contribution in [0, 0.1) is 11.8 Å². The van der Waals surface area contributed by atoms with Crippen molar-refractivity contribution in [3.8, 4) is 0 Å². The van der Waals surface area contributed by atoms with Crippen LogP contribution in [0.3, 0.4) is 0 Å². The topological polar surface area (TPSA) is 129 Å². The second-order valence-electron chi connectivity index (χ2n) is 10.9. The maximum absolute atomic E-state index is 13.0. The summed E-state index contributed by atoms with van der Waals surface area (Å²) < 4.78 is 12.2. The predicted molar refractivity (Wildman–Crippen MR) is 148 cm³/mol. The van der Waals surface area contributed by atoms with E-state index in [1.807, 2.05) is 37.4 Å². The van der Waals surface area contributed by atoms with E-state index in [0.717, 1.165) is 55.5 Å². The highest BCUT2D eigenvalue weighted by Crippen LogP contribution is 2.33. The molecule has 2 fully saturated rings. The molecule has 0 radical (unpaired) electrons. The Kier molecular flexibility index (Phi) is 9.69. The summed E-state index contributed by atoms with van der Waals surface area (Å²) in [5, 5.41) is 13.9. The minimum Gasteiger partial charge on any atom is -0.477 e. The zero-order valence-corrected chi connectivity index (χ0v) is 22.4. The molecule has 210 valence electrons. The van der Waals surface area contributed by atoms with E-state index in [4.69, 9.17) is 10.8 Å². The number of hydrogen-bond acceptors (Lipinski definition) is 5. The molecule has 1 saturated carbocycles. The van der Waals surface area contributed by atoms with Crippen LogP contribution in [0.2, 0.25) is 0 Å². The summed E-state index contributed by atoms with van der Waals surface area (Å²) in [4.78, 5) is 39.6.